The maximum atomic E-state index is 13.3. The molecule has 2 saturated heterocycles. The van der Waals surface area contributed by atoms with Crippen LogP contribution in [0.3, 0.4) is 0 Å². The van der Waals surface area contributed by atoms with E-state index in [1.807, 2.05) is 31.2 Å². The van der Waals surface area contributed by atoms with E-state index in [1.54, 1.807) is 4.90 Å². The molecule has 2 aliphatic heterocycles. The van der Waals surface area contributed by atoms with E-state index in [1.165, 1.54) is 16.6 Å². The second-order valence-corrected chi connectivity index (χ2v) is 11.2. The van der Waals surface area contributed by atoms with Gasteiger partial charge in [-0.15, -0.1) is 0 Å². The van der Waals surface area contributed by atoms with E-state index in [4.69, 9.17) is 0 Å². The van der Waals surface area contributed by atoms with Crippen LogP contribution in [0, 0.1) is 18.8 Å². The van der Waals surface area contributed by atoms with Gasteiger partial charge in [-0.3, -0.25) is 9.59 Å². The van der Waals surface area contributed by atoms with Crippen LogP contribution >= 0.6 is 0 Å². The van der Waals surface area contributed by atoms with Crippen LogP contribution in [0.15, 0.2) is 41.4 Å². The van der Waals surface area contributed by atoms with E-state index in [9.17, 15) is 18.0 Å². The van der Waals surface area contributed by atoms with Crippen molar-refractivity contribution >= 4 is 27.5 Å². The van der Waals surface area contributed by atoms with Crippen molar-refractivity contribution in [1.29, 1.82) is 0 Å². The lowest BCUT2D eigenvalue weighted by atomic mass is 9.98. The maximum Gasteiger partial charge on any atom is 0.270 e. The number of amides is 2. The van der Waals surface area contributed by atoms with Gasteiger partial charge in [0.25, 0.3) is 5.91 Å². The highest BCUT2D eigenvalue weighted by atomic mass is 32.2. The minimum absolute atomic E-state index is 0.0657. The SMILES string of the molecule is Cc1cccc(NC(=O)C2CCCN(S(=O)(=O)c3c[nH]c(C(=O)N4CCC(C)CC4)c3)C2)c1. The quantitative estimate of drug-likeness (QED) is 0.697. The Morgan fingerprint density at radius 1 is 1.09 bits per heavy atom. The van der Waals surface area contributed by atoms with Crippen molar-refractivity contribution in [2.45, 2.75) is 44.4 Å². The molecule has 1 aromatic carbocycles. The van der Waals surface area contributed by atoms with E-state index in [0.717, 1.165) is 18.4 Å². The molecule has 0 spiro atoms. The summed E-state index contributed by atoms with van der Waals surface area (Å²) in [5.41, 5.74) is 2.03. The molecule has 8 nitrogen and oxygen atoms in total. The first-order valence-electron chi connectivity index (χ1n) is 11.6. The second kappa shape index (κ2) is 9.69. The maximum absolute atomic E-state index is 13.3. The van der Waals surface area contributed by atoms with Gasteiger partial charge < -0.3 is 15.2 Å². The van der Waals surface area contributed by atoms with Crippen molar-refractivity contribution in [3.63, 3.8) is 0 Å². The number of nitrogens with one attached hydrogen (secondary N) is 2. The minimum Gasteiger partial charge on any atom is -0.356 e. The predicted molar refractivity (Wildman–Crippen MR) is 126 cm³/mol. The average Bonchev–Trinajstić information content (AvgIpc) is 3.30. The Hall–Kier alpha value is -2.65. The summed E-state index contributed by atoms with van der Waals surface area (Å²) < 4.78 is 27.9. The Morgan fingerprint density at radius 3 is 2.58 bits per heavy atom. The van der Waals surface area contributed by atoms with Gasteiger partial charge in [0.2, 0.25) is 15.9 Å². The predicted octanol–water partition coefficient (Wildman–Crippen LogP) is 3.23. The Morgan fingerprint density at radius 2 is 1.85 bits per heavy atom. The van der Waals surface area contributed by atoms with Crippen molar-refractivity contribution in [2.24, 2.45) is 11.8 Å². The van der Waals surface area contributed by atoms with Gasteiger partial charge in [-0.05, 0) is 62.3 Å². The van der Waals surface area contributed by atoms with Crippen molar-refractivity contribution < 1.29 is 18.0 Å². The molecular formula is C24H32N4O4S. The number of sulfonamides is 1. The zero-order chi connectivity index (χ0) is 23.6. The lowest BCUT2D eigenvalue weighted by Crippen LogP contribution is -2.43. The number of aromatic nitrogens is 1. The molecule has 2 aromatic rings. The Bertz CT molecular complexity index is 1120. The molecule has 3 heterocycles. The Balaban J connectivity index is 1.43. The molecule has 0 aliphatic carbocycles. The molecule has 0 saturated carbocycles. The number of hydrogen-bond acceptors (Lipinski definition) is 4. The van der Waals surface area contributed by atoms with Gasteiger partial charge in [0.05, 0.1) is 5.92 Å². The first-order valence-corrected chi connectivity index (χ1v) is 13.0. The molecule has 1 atom stereocenters. The molecule has 2 amide bonds. The fraction of sp³-hybridized carbons (Fsp3) is 0.500. The van der Waals surface area contributed by atoms with E-state index in [-0.39, 0.29) is 28.9 Å². The summed E-state index contributed by atoms with van der Waals surface area (Å²) in [6, 6.07) is 8.95. The molecule has 33 heavy (non-hydrogen) atoms. The molecule has 1 aromatic heterocycles. The molecule has 2 N–H and O–H groups in total. The second-order valence-electron chi connectivity index (χ2n) is 9.28. The highest BCUT2D eigenvalue weighted by Gasteiger charge is 2.34. The zero-order valence-corrected chi connectivity index (χ0v) is 20.0. The number of likely N-dealkylation sites (tertiary alicyclic amines) is 1. The summed E-state index contributed by atoms with van der Waals surface area (Å²) in [5.74, 6) is -0.171. The smallest absolute Gasteiger partial charge is 0.270 e. The van der Waals surface area contributed by atoms with E-state index >= 15 is 0 Å². The average molecular weight is 473 g/mol. The topological polar surface area (TPSA) is 103 Å². The molecule has 0 bridgehead atoms. The zero-order valence-electron chi connectivity index (χ0n) is 19.2. The number of carbonyl (C=O) groups excluding carboxylic acids is 2. The van der Waals surface area contributed by atoms with Crippen LogP contribution in [0.2, 0.25) is 0 Å². The highest BCUT2D eigenvalue weighted by Crippen LogP contribution is 2.26. The molecule has 2 fully saturated rings. The number of aromatic amines is 1. The summed E-state index contributed by atoms with van der Waals surface area (Å²) in [4.78, 5) is 30.3. The van der Waals surface area contributed by atoms with Gasteiger partial charge in [-0.1, -0.05) is 19.1 Å². The molecule has 178 valence electrons. The van der Waals surface area contributed by atoms with Crippen LogP contribution in [0.4, 0.5) is 5.69 Å². The van der Waals surface area contributed by atoms with E-state index in [0.29, 0.717) is 44.1 Å². The number of nitrogens with zero attached hydrogens (tertiary/aromatic N) is 2. The van der Waals surface area contributed by atoms with Gasteiger partial charge in [0, 0.05) is 38.1 Å². The third-order valence-corrected chi connectivity index (χ3v) is 8.48. The molecule has 2 aliphatic rings. The summed E-state index contributed by atoms with van der Waals surface area (Å²) in [7, 11) is -3.81. The number of rotatable bonds is 5. The third kappa shape index (κ3) is 5.30. The van der Waals surface area contributed by atoms with Crippen LogP contribution in [-0.2, 0) is 14.8 Å². The molecule has 4 rings (SSSR count). The minimum atomic E-state index is -3.81. The first kappa shape index (κ1) is 23.5. The highest BCUT2D eigenvalue weighted by molar-refractivity contribution is 7.89. The Kier molecular flexibility index (Phi) is 6.90. The molecule has 9 heteroatoms. The summed E-state index contributed by atoms with van der Waals surface area (Å²) in [6.07, 6.45) is 4.53. The fourth-order valence-electron chi connectivity index (χ4n) is 4.52. The largest absolute Gasteiger partial charge is 0.356 e. The normalized spacial score (nSPS) is 20.5. The van der Waals surface area contributed by atoms with Crippen molar-refractivity contribution in [1.82, 2.24) is 14.2 Å². The van der Waals surface area contributed by atoms with Crippen LogP contribution < -0.4 is 5.32 Å². The van der Waals surface area contributed by atoms with Gasteiger partial charge >= 0.3 is 0 Å². The van der Waals surface area contributed by atoms with E-state index in [2.05, 4.69) is 17.2 Å². The van der Waals surface area contributed by atoms with Gasteiger partial charge in [-0.25, -0.2) is 8.42 Å². The summed E-state index contributed by atoms with van der Waals surface area (Å²) >= 11 is 0. The van der Waals surface area contributed by atoms with Crippen LogP contribution in [-0.4, -0.2) is 60.6 Å². The summed E-state index contributed by atoms with van der Waals surface area (Å²) in [5, 5.41) is 2.91. The molecular weight excluding hydrogens is 440 g/mol. The Labute approximate surface area is 195 Å². The van der Waals surface area contributed by atoms with Crippen LogP contribution in [0.5, 0.6) is 0 Å². The summed E-state index contributed by atoms with van der Waals surface area (Å²) in [6.45, 7) is 5.98. The van der Waals surface area contributed by atoms with Crippen LogP contribution in [0.1, 0.15) is 48.7 Å². The van der Waals surface area contributed by atoms with Crippen molar-refractivity contribution in [2.75, 3.05) is 31.5 Å². The van der Waals surface area contributed by atoms with E-state index < -0.39 is 15.9 Å². The number of piperidine rings is 2. The number of benzene rings is 1. The van der Waals surface area contributed by atoms with Gasteiger partial charge in [0.1, 0.15) is 10.6 Å². The number of carbonyl (C=O) groups is 2. The molecule has 0 radical (unpaired) electrons. The monoisotopic (exact) mass is 472 g/mol. The van der Waals surface area contributed by atoms with Crippen LogP contribution in [0.25, 0.3) is 0 Å². The lowest BCUT2D eigenvalue weighted by molar-refractivity contribution is -0.120. The van der Waals surface area contributed by atoms with Crippen molar-refractivity contribution in [3.05, 3.63) is 47.8 Å². The van der Waals surface area contributed by atoms with Gasteiger partial charge in [-0.2, -0.15) is 4.31 Å². The van der Waals surface area contributed by atoms with Crippen molar-refractivity contribution in [3.8, 4) is 0 Å². The number of aryl methyl sites for hydroxylation is 1. The standard InChI is InChI=1S/C24H32N4O4S/c1-17-8-11-27(12-9-17)24(30)22-14-21(15-25-22)33(31,32)28-10-4-6-19(16-28)23(29)26-20-7-3-5-18(2)13-20/h3,5,7,13-15,17,19,25H,4,6,8-12,16H2,1-2H3,(H,26,29). The number of H-pyrrole nitrogens is 1. The lowest BCUT2D eigenvalue weighted by Gasteiger charge is -2.31. The number of anilines is 1. The third-order valence-electron chi connectivity index (χ3n) is 6.64. The first-order chi connectivity index (χ1) is 15.7. The number of hydrogen-bond donors (Lipinski definition) is 2. The van der Waals surface area contributed by atoms with Gasteiger partial charge in [0.15, 0.2) is 0 Å². The fourth-order valence-corrected chi connectivity index (χ4v) is 6.04. The molecule has 1 unspecified atom stereocenters.